The van der Waals surface area contributed by atoms with E-state index in [0.717, 1.165) is 25.3 Å². The van der Waals surface area contributed by atoms with E-state index >= 15 is 0 Å². The van der Waals surface area contributed by atoms with Crippen LogP contribution < -0.4 is 5.32 Å². The van der Waals surface area contributed by atoms with Crippen molar-refractivity contribution in [3.8, 4) is 0 Å². The monoisotopic (exact) mass is 193 g/mol. The second-order valence-corrected chi connectivity index (χ2v) is 3.86. The zero-order chi connectivity index (χ0) is 9.80. The predicted octanol–water partition coefficient (Wildman–Crippen LogP) is 1.39. The summed E-state index contributed by atoms with van der Waals surface area (Å²) in [7, 11) is 0. The molecule has 0 aromatic carbocycles. The first-order valence-electron chi connectivity index (χ1n) is 5.09. The van der Waals surface area contributed by atoms with E-state index in [0.29, 0.717) is 18.8 Å². The summed E-state index contributed by atoms with van der Waals surface area (Å²) in [6, 6.07) is 3.67. The van der Waals surface area contributed by atoms with Crippen LogP contribution in [-0.2, 0) is 11.2 Å². The van der Waals surface area contributed by atoms with E-state index in [9.17, 15) is 4.79 Å². The van der Waals surface area contributed by atoms with Crippen LogP contribution in [0.1, 0.15) is 18.6 Å². The number of hydrogen-bond donors (Lipinski definition) is 1. The molecule has 0 saturated carbocycles. The van der Waals surface area contributed by atoms with Gasteiger partial charge in [0.25, 0.3) is 0 Å². The van der Waals surface area contributed by atoms with Gasteiger partial charge in [0, 0.05) is 6.42 Å². The maximum absolute atomic E-state index is 11.6. The van der Waals surface area contributed by atoms with Crippen LogP contribution in [-0.4, -0.2) is 18.9 Å². The quantitative estimate of drug-likeness (QED) is 0.785. The van der Waals surface area contributed by atoms with Crippen LogP contribution in [0, 0.1) is 5.92 Å². The van der Waals surface area contributed by atoms with E-state index in [1.165, 1.54) is 0 Å². The van der Waals surface area contributed by atoms with Crippen molar-refractivity contribution < 1.29 is 9.21 Å². The molecular formula is C11H15NO2. The highest BCUT2D eigenvalue weighted by atomic mass is 16.3. The Hall–Kier alpha value is -1.09. The lowest BCUT2D eigenvalue weighted by atomic mass is 10.00. The molecule has 0 aliphatic carbocycles. The molecule has 2 rings (SSSR count). The number of ketones is 1. The average Bonchev–Trinajstić information content (AvgIpc) is 2.76. The van der Waals surface area contributed by atoms with Crippen molar-refractivity contribution in [2.24, 2.45) is 5.92 Å². The van der Waals surface area contributed by atoms with E-state index in [2.05, 4.69) is 5.32 Å². The SMILES string of the molecule is O=C(Cc1ccco1)CC1CCNC1. The van der Waals surface area contributed by atoms with E-state index in [-0.39, 0.29) is 5.78 Å². The summed E-state index contributed by atoms with van der Waals surface area (Å²) < 4.78 is 5.13. The number of rotatable bonds is 4. The molecule has 1 aromatic rings. The molecule has 2 heterocycles. The number of carbonyl (C=O) groups is 1. The van der Waals surface area contributed by atoms with Gasteiger partial charge in [-0.25, -0.2) is 0 Å². The first-order chi connectivity index (χ1) is 6.84. The third-order valence-corrected chi connectivity index (χ3v) is 2.63. The van der Waals surface area contributed by atoms with Gasteiger partial charge >= 0.3 is 0 Å². The topological polar surface area (TPSA) is 42.2 Å². The highest BCUT2D eigenvalue weighted by Gasteiger charge is 2.18. The van der Waals surface area contributed by atoms with E-state index in [1.807, 2.05) is 12.1 Å². The van der Waals surface area contributed by atoms with Crippen molar-refractivity contribution in [3.63, 3.8) is 0 Å². The lowest BCUT2D eigenvalue weighted by Gasteiger charge is -2.05. The molecule has 1 fully saturated rings. The third kappa shape index (κ3) is 2.45. The molecule has 3 nitrogen and oxygen atoms in total. The van der Waals surface area contributed by atoms with Gasteiger partial charge < -0.3 is 9.73 Å². The number of hydrogen-bond acceptors (Lipinski definition) is 3. The van der Waals surface area contributed by atoms with Gasteiger partial charge in [0.2, 0.25) is 0 Å². The Bertz CT molecular complexity index is 286. The molecule has 14 heavy (non-hydrogen) atoms. The zero-order valence-electron chi connectivity index (χ0n) is 8.16. The smallest absolute Gasteiger partial charge is 0.140 e. The van der Waals surface area contributed by atoms with Gasteiger partial charge in [0.1, 0.15) is 11.5 Å². The Kier molecular flexibility index (Phi) is 2.99. The Morgan fingerprint density at radius 3 is 3.21 bits per heavy atom. The third-order valence-electron chi connectivity index (χ3n) is 2.63. The lowest BCUT2D eigenvalue weighted by Crippen LogP contribution is -2.13. The Labute approximate surface area is 83.5 Å². The Morgan fingerprint density at radius 2 is 2.57 bits per heavy atom. The fourth-order valence-electron chi connectivity index (χ4n) is 1.89. The van der Waals surface area contributed by atoms with Crippen molar-refractivity contribution in [3.05, 3.63) is 24.2 Å². The van der Waals surface area contributed by atoms with Crippen molar-refractivity contribution in [2.45, 2.75) is 19.3 Å². The summed E-state index contributed by atoms with van der Waals surface area (Å²) in [5.41, 5.74) is 0. The van der Waals surface area contributed by atoms with Gasteiger partial charge in [-0.05, 0) is 37.6 Å². The molecule has 1 atom stereocenters. The number of Topliss-reactive ketones (excluding diaryl/α,β-unsaturated/α-hetero) is 1. The van der Waals surface area contributed by atoms with Crippen molar-refractivity contribution in [2.75, 3.05) is 13.1 Å². The van der Waals surface area contributed by atoms with Gasteiger partial charge in [-0.2, -0.15) is 0 Å². The minimum Gasteiger partial charge on any atom is -0.469 e. The number of furan rings is 1. The molecule has 1 aromatic heterocycles. The molecule has 76 valence electrons. The van der Waals surface area contributed by atoms with Gasteiger partial charge in [-0.1, -0.05) is 0 Å². The molecular weight excluding hydrogens is 178 g/mol. The van der Waals surface area contributed by atoms with E-state index < -0.39 is 0 Å². The van der Waals surface area contributed by atoms with E-state index in [1.54, 1.807) is 6.26 Å². The number of carbonyl (C=O) groups excluding carboxylic acids is 1. The largest absolute Gasteiger partial charge is 0.469 e. The van der Waals surface area contributed by atoms with Gasteiger partial charge in [0.05, 0.1) is 12.7 Å². The molecule has 1 aliphatic rings. The van der Waals surface area contributed by atoms with Crippen LogP contribution in [0.15, 0.2) is 22.8 Å². The predicted molar refractivity (Wildman–Crippen MR) is 53.0 cm³/mol. The van der Waals surface area contributed by atoms with Crippen LogP contribution in [0.2, 0.25) is 0 Å². The fraction of sp³-hybridized carbons (Fsp3) is 0.545. The molecule has 1 N–H and O–H groups in total. The Morgan fingerprint density at radius 1 is 1.64 bits per heavy atom. The molecule has 1 saturated heterocycles. The second kappa shape index (κ2) is 4.42. The minimum atomic E-state index is 0.286. The first-order valence-corrected chi connectivity index (χ1v) is 5.09. The van der Waals surface area contributed by atoms with Crippen molar-refractivity contribution in [1.82, 2.24) is 5.32 Å². The maximum atomic E-state index is 11.6. The van der Waals surface area contributed by atoms with Gasteiger partial charge in [-0.15, -0.1) is 0 Å². The highest BCUT2D eigenvalue weighted by Crippen LogP contribution is 2.14. The molecule has 0 amide bonds. The van der Waals surface area contributed by atoms with Crippen molar-refractivity contribution >= 4 is 5.78 Å². The average molecular weight is 193 g/mol. The normalized spacial score (nSPS) is 21.3. The van der Waals surface area contributed by atoms with Gasteiger partial charge in [0.15, 0.2) is 0 Å². The van der Waals surface area contributed by atoms with Gasteiger partial charge in [-0.3, -0.25) is 4.79 Å². The molecule has 1 unspecified atom stereocenters. The van der Waals surface area contributed by atoms with Crippen LogP contribution in [0.5, 0.6) is 0 Å². The van der Waals surface area contributed by atoms with Crippen LogP contribution in [0.25, 0.3) is 0 Å². The summed E-state index contributed by atoms with van der Waals surface area (Å²) in [6.07, 6.45) is 3.88. The van der Waals surface area contributed by atoms with Crippen LogP contribution in [0.4, 0.5) is 0 Å². The van der Waals surface area contributed by atoms with Crippen LogP contribution in [0.3, 0.4) is 0 Å². The summed E-state index contributed by atoms with van der Waals surface area (Å²) >= 11 is 0. The lowest BCUT2D eigenvalue weighted by molar-refractivity contribution is -0.119. The number of nitrogens with one attached hydrogen (secondary N) is 1. The standard InChI is InChI=1S/C11H15NO2/c13-10(6-9-3-4-12-8-9)7-11-2-1-5-14-11/h1-2,5,9,12H,3-4,6-8H2. The van der Waals surface area contributed by atoms with Crippen LogP contribution >= 0.6 is 0 Å². The summed E-state index contributed by atoms with van der Waals surface area (Å²) in [6.45, 7) is 2.04. The second-order valence-electron chi connectivity index (χ2n) is 3.86. The highest BCUT2D eigenvalue weighted by molar-refractivity contribution is 5.80. The minimum absolute atomic E-state index is 0.286. The molecule has 3 heteroatoms. The van der Waals surface area contributed by atoms with Crippen molar-refractivity contribution in [1.29, 1.82) is 0 Å². The summed E-state index contributed by atoms with van der Waals surface area (Å²) in [4.78, 5) is 11.6. The van der Waals surface area contributed by atoms with E-state index in [4.69, 9.17) is 4.42 Å². The first kappa shape index (κ1) is 9.46. The zero-order valence-corrected chi connectivity index (χ0v) is 8.16. The fourth-order valence-corrected chi connectivity index (χ4v) is 1.89. The molecule has 0 radical (unpaired) electrons. The molecule has 1 aliphatic heterocycles. The summed E-state index contributed by atoms with van der Waals surface area (Å²) in [5, 5.41) is 3.26. The molecule has 0 spiro atoms. The summed E-state index contributed by atoms with van der Waals surface area (Å²) in [5.74, 6) is 1.60. The maximum Gasteiger partial charge on any atom is 0.140 e. The molecule has 0 bridgehead atoms. The Balaban J connectivity index is 1.78.